The third kappa shape index (κ3) is 6.08. The average molecular weight is 269 g/mol. The highest BCUT2D eigenvalue weighted by Crippen LogP contribution is 2.30. The molecule has 4 nitrogen and oxygen atoms in total. The first-order valence-corrected chi connectivity index (χ1v) is 7.22. The van der Waals surface area contributed by atoms with Crippen LogP contribution in [0.25, 0.3) is 0 Å². The molecule has 0 heterocycles. The third-order valence-electron chi connectivity index (χ3n) is 3.59. The second-order valence-corrected chi connectivity index (χ2v) is 6.85. The van der Waals surface area contributed by atoms with Crippen LogP contribution in [-0.2, 0) is 9.53 Å². The predicted octanol–water partition coefficient (Wildman–Crippen LogP) is 3.44. The standard InChI is InChI=1S/C15H27NO3/c1-14(2,3)19-13(18)16-15(4,11-17)10-9-12-7-5-6-8-12/h11-12H,5-10H2,1-4H3,(H,16,18). The van der Waals surface area contributed by atoms with Gasteiger partial charge in [-0.1, -0.05) is 25.7 Å². The highest BCUT2D eigenvalue weighted by atomic mass is 16.6. The number of carbonyl (C=O) groups excluding carboxylic acids is 2. The molecule has 4 heteroatoms. The molecule has 1 amide bonds. The molecule has 0 aliphatic heterocycles. The minimum absolute atomic E-state index is 0.520. The number of aldehydes is 1. The Hall–Kier alpha value is -1.06. The molecule has 0 spiro atoms. The van der Waals surface area contributed by atoms with E-state index in [1.165, 1.54) is 25.7 Å². The fourth-order valence-electron chi connectivity index (χ4n) is 2.49. The van der Waals surface area contributed by atoms with Crippen molar-refractivity contribution in [2.24, 2.45) is 5.92 Å². The van der Waals surface area contributed by atoms with Crippen LogP contribution in [0.2, 0.25) is 0 Å². The van der Waals surface area contributed by atoms with Crippen LogP contribution in [0.5, 0.6) is 0 Å². The summed E-state index contributed by atoms with van der Waals surface area (Å²) in [6.07, 6.45) is 7.07. The summed E-state index contributed by atoms with van der Waals surface area (Å²) in [4.78, 5) is 23.0. The molecule has 0 bridgehead atoms. The normalized spacial score (nSPS) is 19.8. The maximum Gasteiger partial charge on any atom is 0.408 e. The lowest BCUT2D eigenvalue weighted by Crippen LogP contribution is -2.49. The van der Waals surface area contributed by atoms with Gasteiger partial charge in [-0.3, -0.25) is 0 Å². The van der Waals surface area contributed by atoms with E-state index in [2.05, 4.69) is 5.32 Å². The number of amides is 1. The Kier molecular flexibility index (Phi) is 5.39. The van der Waals surface area contributed by atoms with Crippen LogP contribution in [0, 0.1) is 5.92 Å². The number of ether oxygens (including phenoxy) is 1. The maximum atomic E-state index is 11.7. The summed E-state index contributed by atoms with van der Waals surface area (Å²) in [7, 11) is 0. The van der Waals surface area contributed by atoms with Crippen molar-refractivity contribution in [1.82, 2.24) is 5.32 Å². The Morgan fingerprint density at radius 3 is 2.32 bits per heavy atom. The van der Waals surface area contributed by atoms with Crippen LogP contribution < -0.4 is 5.32 Å². The first kappa shape index (κ1) is 16.0. The third-order valence-corrected chi connectivity index (χ3v) is 3.59. The summed E-state index contributed by atoms with van der Waals surface area (Å²) in [5.74, 6) is 0.708. The Bertz CT molecular complexity index is 316. The zero-order chi connectivity index (χ0) is 14.5. The lowest BCUT2D eigenvalue weighted by atomic mass is 9.91. The topological polar surface area (TPSA) is 55.4 Å². The molecule has 1 aliphatic carbocycles. The molecule has 1 aliphatic rings. The zero-order valence-corrected chi connectivity index (χ0v) is 12.6. The van der Waals surface area contributed by atoms with Crippen molar-refractivity contribution in [2.45, 2.75) is 77.4 Å². The van der Waals surface area contributed by atoms with Crippen molar-refractivity contribution in [3.05, 3.63) is 0 Å². The minimum Gasteiger partial charge on any atom is -0.444 e. The van der Waals surface area contributed by atoms with Gasteiger partial charge in [0.15, 0.2) is 0 Å². The minimum atomic E-state index is -0.815. The molecule has 110 valence electrons. The molecule has 1 rings (SSSR count). The lowest BCUT2D eigenvalue weighted by Gasteiger charge is -2.28. The largest absolute Gasteiger partial charge is 0.444 e. The lowest BCUT2D eigenvalue weighted by molar-refractivity contribution is -0.113. The number of hydrogen-bond acceptors (Lipinski definition) is 3. The van der Waals surface area contributed by atoms with E-state index in [9.17, 15) is 9.59 Å². The van der Waals surface area contributed by atoms with Crippen molar-refractivity contribution in [3.63, 3.8) is 0 Å². The zero-order valence-electron chi connectivity index (χ0n) is 12.6. The van der Waals surface area contributed by atoms with Gasteiger partial charge in [0, 0.05) is 0 Å². The number of carbonyl (C=O) groups is 2. The first-order chi connectivity index (χ1) is 8.74. The fraction of sp³-hybridized carbons (Fsp3) is 0.867. The molecule has 1 fully saturated rings. The number of hydrogen-bond donors (Lipinski definition) is 1. The molecular weight excluding hydrogens is 242 g/mol. The fourth-order valence-corrected chi connectivity index (χ4v) is 2.49. The number of alkyl carbamates (subject to hydrolysis) is 1. The van der Waals surface area contributed by atoms with Gasteiger partial charge in [0.1, 0.15) is 11.9 Å². The number of nitrogens with one attached hydrogen (secondary N) is 1. The van der Waals surface area contributed by atoms with E-state index in [1.54, 1.807) is 6.92 Å². The Labute approximate surface area is 116 Å². The van der Waals surface area contributed by atoms with Crippen molar-refractivity contribution in [1.29, 1.82) is 0 Å². The van der Waals surface area contributed by atoms with E-state index in [0.717, 1.165) is 12.7 Å². The monoisotopic (exact) mass is 269 g/mol. The summed E-state index contributed by atoms with van der Waals surface area (Å²) in [6.45, 7) is 7.19. The van der Waals surface area contributed by atoms with Gasteiger partial charge in [-0.2, -0.15) is 0 Å². The second kappa shape index (κ2) is 6.40. The molecule has 0 aromatic heterocycles. The molecule has 0 saturated heterocycles. The predicted molar refractivity (Wildman–Crippen MR) is 75.0 cm³/mol. The van der Waals surface area contributed by atoms with E-state index in [1.807, 2.05) is 20.8 Å². The smallest absolute Gasteiger partial charge is 0.408 e. The van der Waals surface area contributed by atoms with Gasteiger partial charge in [0.2, 0.25) is 0 Å². The van der Waals surface area contributed by atoms with E-state index in [4.69, 9.17) is 4.74 Å². The van der Waals surface area contributed by atoms with Crippen molar-refractivity contribution in [2.75, 3.05) is 0 Å². The van der Waals surface area contributed by atoms with Crippen LogP contribution >= 0.6 is 0 Å². The van der Waals surface area contributed by atoms with Crippen molar-refractivity contribution >= 4 is 12.4 Å². The van der Waals surface area contributed by atoms with E-state index >= 15 is 0 Å². The summed E-state index contributed by atoms with van der Waals surface area (Å²) in [5.41, 5.74) is -1.36. The molecule has 0 aromatic carbocycles. The molecular formula is C15H27NO3. The van der Waals surface area contributed by atoms with Crippen molar-refractivity contribution in [3.8, 4) is 0 Å². The Balaban J connectivity index is 2.44. The number of rotatable bonds is 5. The van der Waals surface area contributed by atoms with Gasteiger partial charge < -0.3 is 14.8 Å². The quantitative estimate of drug-likeness (QED) is 0.778. The second-order valence-electron chi connectivity index (χ2n) is 6.85. The SMILES string of the molecule is CC(C=O)(CCC1CCCC1)NC(=O)OC(C)(C)C. The van der Waals surface area contributed by atoms with Gasteiger partial charge in [0.25, 0.3) is 0 Å². The summed E-state index contributed by atoms with van der Waals surface area (Å²) < 4.78 is 5.20. The Morgan fingerprint density at radius 2 is 1.84 bits per heavy atom. The highest BCUT2D eigenvalue weighted by Gasteiger charge is 2.29. The summed E-state index contributed by atoms with van der Waals surface area (Å²) >= 11 is 0. The van der Waals surface area contributed by atoms with Gasteiger partial charge in [-0.05, 0) is 46.5 Å². The van der Waals surface area contributed by atoms with E-state index < -0.39 is 17.2 Å². The van der Waals surface area contributed by atoms with Gasteiger partial charge in [-0.15, -0.1) is 0 Å². The molecule has 1 atom stereocenters. The molecule has 1 saturated carbocycles. The van der Waals surface area contributed by atoms with Crippen LogP contribution in [-0.4, -0.2) is 23.5 Å². The van der Waals surface area contributed by atoms with Gasteiger partial charge >= 0.3 is 6.09 Å². The molecule has 1 unspecified atom stereocenters. The molecule has 0 radical (unpaired) electrons. The average Bonchev–Trinajstić information content (AvgIpc) is 2.76. The van der Waals surface area contributed by atoms with Gasteiger partial charge in [0.05, 0.1) is 5.54 Å². The Morgan fingerprint density at radius 1 is 1.26 bits per heavy atom. The summed E-state index contributed by atoms with van der Waals surface area (Å²) in [6, 6.07) is 0. The van der Waals surface area contributed by atoms with Crippen LogP contribution in [0.1, 0.15) is 66.2 Å². The highest BCUT2D eigenvalue weighted by molar-refractivity contribution is 5.76. The first-order valence-electron chi connectivity index (χ1n) is 7.22. The maximum absolute atomic E-state index is 11.7. The molecule has 1 N–H and O–H groups in total. The molecule has 0 aromatic rings. The summed E-state index contributed by atoms with van der Waals surface area (Å²) in [5, 5.41) is 2.69. The van der Waals surface area contributed by atoms with Gasteiger partial charge in [-0.25, -0.2) is 4.79 Å². The van der Waals surface area contributed by atoms with Crippen LogP contribution in [0.3, 0.4) is 0 Å². The van der Waals surface area contributed by atoms with Crippen LogP contribution in [0.4, 0.5) is 4.79 Å². The van der Waals surface area contributed by atoms with E-state index in [-0.39, 0.29) is 0 Å². The van der Waals surface area contributed by atoms with Crippen molar-refractivity contribution < 1.29 is 14.3 Å². The molecule has 19 heavy (non-hydrogen) atoms. The van der Waals surface area contributed by atoms with Crippen LogP contribution in [0.15, 0.2) is 0 Å². The van der Waals surface area contributed by atoms with E-state index in [0.29, 0.717) is 12.3 Å².